The number of anilines is 2. The van der Waals surface area contributed by atoms with E-state index in [1.165, 1.54) is 19.2 Å². The Hall–Kier alpha value is -2.80. The van der Waals surface area contributed by atoms with Gasteiger partial charge in [0.2, 0.25) is 0 Å². The Morgan fingerprint density at radius 1 is 1.25 bits per heavy atom. The van der Waals surface area contributed by atoms with E-state index in [0.29, 0.717) is 16.5 Å². The zero-order valence-electron chi connectivity index (χ0n) is 12.6. The fourth-order valence-electron chi connectivity index (χ4n) is 1.89. The average Bonchev–Trinajstić information content (AvgIpc) is 2.53. The van der Waals surface area contributed by atoms with Crippen LogP contribution in [-0.4, -0.2) is 25.6 Å². The van der Waals surface area contributed by atoms with Gasteiger partial charge in [-0.2, -0.15) is 0 Å². The van der Waals surface area contributed by atoms with E-state index >= 15 is 0 Å². The molecule has 0 saturated carbocycles. The van der Waals surface area contributed by atoms with Gasteiger partial charge in [0.05, 0.1) is 18.4 Å². The summed E-state index contributed by atoms with van der Waals surface area (Å²) >= 11 is 5.86. The highest BCUT2D eigenvalue weighted by Gasteiger charge is 2.15. The molecule has 2 aromatic carbocycles. The van der Waals surface area contributed by atoms with Gasteiger partial charge in [0.1, 0.15) is 11.6 Å². The molecule has 1 amide bonds. The molecule has 3 N–H and O–H groups in total. The van der Waals surface area contributed by atoms with Crippen LogP contribution < -0.4 is 15.8 Å². The number of nitrogens with one attached hydrogen (secondary N) is 1. The van der Waals surface area contributed by atoms with Crippen LogP contribution >= 0.6 is 11.6 Å². The molecule has 0 fully saturated rings. The second kappa shape index (κ2) is 7.65. The molecule has 0 bridgehead atoms. The Balaban J connectivity index is 1.98. The first-order valence-corrected chi connectivity index (χ1v) is 7.14. The molecule has 0 heterocycles. The largest absolute Gasteiger partial charge is 0.495 e. The molecule has 6 nitrogen and oxygen atoms in total. The molecule has 0 aliphatic rings. The molecule has 8 heteroatoms. The molecule has 0 saturated heterocycles. The van der Waals surface area contributed by atoms with Gasteiger partial charge in [0.25, 0.3) is 5.91 Å². The van der Waals surface area contributed by atoms with E-state index in [0.717, 1.165) is 12.1 Å². The lowest BCUT2D eigenvalue weighted by atomic mass is 10.2. The molecule has 2 aromatic rings. The van der Waals surface area contributed by atoms with Gasteiger partial charge in [0, 0.05) is 10.7 Å². The molecular weight excluding hydrogens is 339 g/mol. The smallest absolute Gasteiger partial charge is 0.340 e. The van der Waals surface area contributed by atoms with Crippen molar-refractivity contribution in [2.24, 2.45) is 0 Å². The molecule has 0 aromatic heterocycles. The standard InChI is InChI=1S/C16H14ClFN2O4/c1-23-14-5-2-9(17)6-13(14)20-15(21)8-24-16(22)11-4-3-10(18)7-12(11)19/h2-7H,8,19H2,1H3,(H,20,21). The quantitative estimate of drug-likeness (QED) is 0.638. The second-order valence-electron chi connectivity index (χ2n) is 4.70. The van der Waals surface area contributed by atoms with E-state index in [1.54, 1.807) is 12.1 Å². The first-order chi connectivity index (χ1) is 11.4. The van der Waals surface area contributed by atoms with E-state index in [2.05, 4.69) is 5.32 Å². The molecule has 126 valence electrons. The number of esters is 1. The third-order valence-electron chi connectivity index (χ3n) is 3.00. The maximum atomic E-state index is 13.0. The predicted octanol–water partition coefficient (Wildman–Crippen LogP) is 2.87. The van der Waals surface area contributed by atoms with Crippen molar-refractivity contribution in [3.8, 4) is 5.75 Å². The number of nitrogens with two attached hydrogens (primary N) is 1. The summed E-state index contributed by atoms with van der Waals surface area (Å²) < 4.78 is 22.9. The Morgan fingerprint density at radius 2 is 2.00 bits per heavy atom. The average molecular weight is 353 g/mol. The Morgan fingerprint density at radius 3 is 2.67 bits per heavy atom. The van der Waals surface area contributed by atoms with Crippen molar-refractivity contribution >= 4 is 34.9 Å². The van der Waals surface area contributed by atoms with E-state index in [9.17, 15) is 14.0 Å². The molecular formula is C16H14ClFN2O4. The fourth-order valence-corrected chi connectivity index (χ4v) is 2.06. The molecule has 0 aliphatic carbocycles. The number of hydrogen-bond acceptors (Lipinski definition) is 5. The van der Waals surface area contributed by atoms with Crippen molar-refractivity contribution in [3.63, 3.8) is 0 Å². The van der Waals surface area contributed by atoms with E-state index in [4.69, 9.17) is 26.8 Å². The number of hydrogen-bond donors (Lipinski definition) is 2. The van der Waals surface area contributed by atoms with Crippen molar-refractivity contribution in [1.82, 2.24) is 0 Å². The highest BCUT2D eigenvalue weighted by molar-refractivity contribution is 6.31. The summed E-state index contributed by atoms with van der Waals surface area (Å²) in [7, 11) is 1.44. The van der Waals surface area contributed by atoms with Gasteiger partial charge in [-0.05, 0) is 36.4 Å². The van der Waals surface area contributed by atoms with Crippen LogP contribution in [0.4, 0.5) is 15.8 Å². The van der Waals surface area contributed by atoms with Gasteiger partial charge in [-0.15, -0.1) is 0 Å². The summed E-state index contributed by atoms with van der Waals surface area (Å²) in [5.74, 6) is -1.60. The number of ether oxygens (including phenoxy) is 2. The van der Waals surface area contributed by atoms with E-state index in [1.807, 2.05) is 0 Å². The third kappa shape index (κ3) is 4.36. The molecule has 2 rings (SSSR count). The van der Waals surface area contributed by atoms with Crippen LogP contribution in [0.5, 0.6) is 5.75 Å². The monoisotopic (exact) mass is 352 g/mol. The van der Waals surface area contributed by atoms with Gasteiger partial charge in [0.15, 0.2) is 6.61 Å². The van der Waals surface area contributed by atoms with E-state index in [-0.39, 0.29) is 11.3 Å². The predicted molar refractivity (Wildman–Crippen MR) is 87.7 cm³/mol. The fraction of sp³-hybridized carbons (Fsp3) is 0.125. The zero-order chi connectivity index (χ0) is 17.7. The van der Waals surface area contributed by atoms with Gasteiger partial charge in [-0.25, -0.2) is 9.18 Å². The summed E-state index contributed by atoms with van der Waals surface area (Å²) in [6.07, 6.45) is 0. The third-order valence-corrected chi connectivity index (χ3v) is 3.24. The number of carbonyl (C=O) groups excluding carboxylic acids is 2. The van der Waals surface area contributed by atoms with Crippen LogP contribution in [0.3, 0.4) is 0 Å². The first kappa shape index (κ1) is 17.6. The number of rotatable bonds is 5. The molecule has 0 atom stereocenters. The van der Waals surface area contributed by atoms with Gasteiger partial charge in [-0.3, -0.25) is 4.79 Å². The van der Waals surface area contributed by atoms with Crippen molar-refractivity contribution in [3.05, 3.63) is 52.8 Å². The molecule has 0 aliphatic heterocycles. The highest BCUT2D eigenvalue weighted by Crippen LogP contribution is 2.27. The van der Waals surface area contributed by atoms with Crippen LogP contribution in [0, 0.1) is 5.82 Å². The summed E-state index contributed by atoms with van der Waals surface area (Å²) in [5, 5.41) is 2.92. The highest BCUT2D eigenvalue weighted by atomic mass is 35.5. The summed E-state index contributed by atoms with van der Waals surface area (Å²) in [6.45, 7) is -0.550. The van der Waals surface area contributed by atoms with Crippen LogP contribution in [-0.2, 0) is 9.53 Å². The van der Waals surface area contributed by atoms with Gasteiger partial charge >= 0.3 is 5.97 Å². The van der Waals surface area contributed by atoms with Gasteiger partial charge < -0.3 is 20.5 Å². The van der Waals surface area contributed by atoms with Crippen LogP contribution in [0.25, 0.3) is 0 Å². The summed E-state index contributed by atoms with van der Waals surface area (Å²) in [5.41, 5.74) is 5.78. The number of halogens is 2. The topological polar surface area (TPSA) is 90.6 Å². The van der Waals surface area contributed by atoms with Crippen molar-refractivity contribution in [1.29, 1.82) is 0 Å². The Labute approximate surface area is 142 Å². The number of amides is 1. The lowest BCUT2D eigenvalue weighted by molar-refractivity contribution is -0.119. The number of nitrogen functional groups attached to an aromatic ring is 1. The van der Waals surface area contributed by atoms with E-state index < -0.39 is 24.3 Å². The SMILES string of the molecule is COc1ccc(Cl)cc1NC(=O)COC(=O)c1ccc(F)cc1N. The minimum absolute atomic E-state index is 0.0236. The molecule has 0 spiro atoms. The Bertz CT molecular complexity index is 783. The number of carbonyl (C=O) groups is 2. The molecule has 0 radical (unpaired) electrons. The Kier molecular flexibility index (Phi) is 5.59. The molecule has 24 heavy (non-hydrogen) atoms. The lowest BCUT2D eigenvalue weighted by Crippen LogP contribution is -2.21. The van der Waals surface area contributed by atoms with Gasteiger partial charge in [-0.1, -0.05) is 11.6 Å². The maximum Gasteiger partial charge on any atom is 0.340 e. The molecule has 0 unspecified atom stereocenters. The second-order valence-corrected chi connectivity index (χ2v) is 5.14. The minimum atomic E-state index is -0.833. The van der Waals surface area contributed by atoms with Crippen molar-refractivity contribution in [2.75, 3.05) is 24.8 Å². The van der Waals surface area contributed by atoms with Crippen molar-refractivity contribution < 1.29 is 23.5 Å². The summed E-state index contributed by atoms with van der Waals surface area (Å²) in [6, 6.07) is 7.94. The number of methoxy groups -OCH3 is 1. The van der Waals surface area contributed by atoms with Crippen LogP contribution in [0.15, 0.2) is 36.4 Å². The normalized spacial score (nSPS) is 10.1. The summed E-state index contributed by atoms with van der Waals surface area (Å²) in [4.78, 5) is 23.7. The maximum absolute atomic E-state index is 13.0. The van der Waals surface area contributed by atoms with Crippen LogP contribution in [0.2, 0.25) is 5.02 Å². The lowest BCUT2D eigenvalue weighted by Gasteiger charge is -2.11. The first-order valence-electron chi connectivity index (χ1n) is 6.76. The minimum Gasteiger partial charge on any atom is -0.495 e. The van der Waals surface area contributed by atoms with Crippen LogP contribution in [0.1, 0.15) is 10.4 Å². The van der Waals surface area contributed by atoms with Crippen molar-refractivity contribution in [2.45, 2.75) is 0 Å². The number of benzene rings is 2. The zero-order valence-corrected chi connectivity index (χ0v) is 13.4.